The van der Waals surface area contributed by atoms with Crippen LogP contribution in [0.15, 0.2) is 182 Å². The molecule has 2 amide bonds. The van der Waals surface area contributed by atoms with Gasteiger partial charge in [-0.3, -0.25) is 24.2 Å². The average Bonchev–Trinajstić information content (AvgIpc) is 1.95. The van der Waals surface area contributed by atoms with Gasteiger partial charge in [0.15, 0.2) is 0 Å². The highest BCUT2D eigenvalue weighted by molar-refractivity contribution is 6.08. The first kappa shape index (κ1) is 62.3. The Hall–Kier alpha value is -8.91. The number of piperazine rings is 2. The summed E-state index contributed by atoms with van der Waals surface area (Å²) in [5.74, 6) is 2.42. The van der Waals surface area contributed by atoms with Crippen LogP contribution < -0.4 is 40.1 Å². The third kappa shape index (κ3) is 15.5. The molecule has 0 bridgehead atoms. The number of nitrogens with one attached hydrogen (secondary N) is 1. The Kier molecular flexibility index (Phi) is 19.8. The van der Waals surface area contributed by atoms with E-state index in [2.05, 4.69) is 156 Å². The van der Waals surface area contributed by atoms with E-state index in [1.54, 1.807) is 0 Å². The molecule has 13 heteroatoms. The molecule has 1 unspecified atom stereocenters. The van der Waals surface area contributed by atoms with Gasteiger partial charge in [-0.25, -0.2) is 0 Å². The molecule has 0 spiro atoms. The quantitative estimate of drug-likeness (QED) is 0.101. The van der Waals surface area contributed by atoms with Crippen molar-refractivity contribution < 1.29 is 23.9 Å². The van der Waals surface area contributed by atoms with Crippen LogP contribution in [0, 0.1) is 0 Å². The number of nitrogen functional groups attached to an aromatic ring is 1. The number of para-hydroxylation sites is 4. The van der Waals surface area contributed by atoms with Gasteiger partial charge in [0.05, 0.1) is 23.6 Å². The topological polar surface area (TPSA) is 127 Å². The number of nitrogens with zero attached hydrogens (tertiary/aromatic N) is 6. The Morgan fingerprint density at radius 3 is 1.49 bits per heavy atom. The SMILES string of the molecule is CC(C)Oc1ccccc1N1CCN(Cc2cccc(C(=O)N3CCc4ccc(N)cc43)c2)CC1.CC(C)Oc1ccccc1N1CCN(Cc2cccc(C(=O)N3CCc4ccc(NC5CCc6ccccc6C5)cc43)c2)CC1.O=C1CCc2ccccc2C1. The first-order chi connectivity index (χ1) is 44.3. The van der Waals surface area contributed by atoms with Crippen LogP contribution >= 0.6 is 0 Å². The van der Waals surface area contributed by atoms with Crippen LogP contribution in [0.3, 0.4) is 0 Å². The highest BCUT2D eigenvalue weighted by atomic mass is 16.5. The van der Waals surface area contributed by atoms with E-state index in [0.717, 1.165) is 157 Å². The van der Waals surface area contributed by atoms with E-state index in [9.17, 15) is 14.4 Å². The predicted molar refractivity (Wildman–Crippen MR) is 370 cm³/mol. The van der Waals surface area contributed by atoms with Crippen molar-refractivity contribution in [2.24, 2.45) is 0 Å². The maximum Gasteiger partial charge on any atom is 0.258 e. The minimum absolute atomic E-state index is 0.0442. The number of rotatable bonds is 14. The lowest BCUT2D eigenvalue weighted by molar-refractivity contribution is -0.118. The minimum Gasteiger partial charge on any atom is -0.489 e. The van der Waals surface area contributed by atoms with E-state index in [-0.39, 0.29) is 24.0 Å². The van der Waals surface area contributed by atoms with Gasteiger partial charge in [0, 0.05) is 131 Å². The minimum atomic E-state index is 0.0442. The Morgan fingerprint density at radius 2 is 0.945 bits per heavy atom. The molecule has 470 valence electrons. The van der Waals surface area contributed by atoms with Crippen LogP contribution in [0.25, 0.3) is 0 Å². The maximum atomic E-state index is 13.9. The zero-order valence-electron chi connectivity index (χ0n) is 53.5. The van der Waals surface area contributed by atoms with Crippen LogP contribution in [0.2, 0.25) is 0 Å². The smallest absolute Gasteiger partial charge is 0.258 e. The van der Waals surface area contributed by atoms with E-state index < -0.39 is 0 Å². The van der Waals surface area contributed by atoms with Crippen LogP contribution in [0.5, 0.6) is 11.5 Å². The van der Waals surface area contributed by atoms with Crippen molar-refractivity contribution in [1.29, 1.82) is 0 Å². The van der Waals surface area contributed by atoms with Crippen LogP contribution in [-0.2, 0) is 56.4 Å². The molecular weight excluding hydrogens is 1130 g/mol. The van der Waals surface area contributed by atoms with Crippen molar-refractivity contribution in [2.75, 3.05) is 96.1 Å². The fraction of sp³-hybridized carbons (Fsp3) is 0.346. The van der Waals surface area contributed by atoms with Crippen molar-refractivity contribution >= 4 is 51.7 Å². The van der Waals surface area contributed by atoms with Gasteiger partial charge in [-0.15, -0.1) is 0 Å². The summed E-state index contributed by atoms with van der Waals surface area (Å²) < 4.78 is 12.1. The highest BCUT2D eigenvalue weighted by Crippen LogP contribution is 2.36. The second kappa shape index (κ2) is 28.9. The summed E-state index contributed by atoms with van der Waals surface area (Å²) in [7, 11) is 0. The second-order valence-electron chi connectivity index (χ2n) is 25.7. The standard InChI is InChI=1S/C39H44N4O2.C29H34N4O2.C10H10O/c1-28(2)45-38-13-6-5-12-36(38)42-22-20-41(21-23-42)27-29-8-7-11-33(24-29)39(44)43-19-18-31-15-17-35(26-37(31)43)40-34-16-14-30-9-3-4-10-32(30)25-34;1-21(2)35-28-9-4-3-8-26(28)32-16-14-31(15-17-32)20-22-6-5-7-24(18-22)29(34)33-13-12-23-10-11-25(30)19-27(23)33;11-10-6-5-8-3-1-2-4-9(8)7-10/h3-13,15,17,24,26,28,34,40H,14,16,18-23,25,27H2,1-2H3;3-11,18-19,21H,12-17,20,30H2,1-2H3;1-4H,5-7H2. The number of carbonyl (C=O) groups is 3. The number of benzene rings is 8. The molecule has 91 heavy (non-hydrogen) atoms. The Labute approximate surface area is 538 Å². The zero-order chi connectivity index (χ0) is 62.8. The van der Waals surface area contributed by atoms with Gasteiger partial charge >= 0.3 is 0 Å². The van der Waals surface area contributed by atoms with Gasteiger partial charge in [-0.05, 0) is 184 Å². The van der Waals surface area contributed by atoms with Crippen LogP contribution in [0.1, 0.15) is 106 Å². The van der Waals surface area contributed by atoms with Gasteiger partial charge in [0.25, 0.3) is 11.8 Å². The lowest BCUT2D eigenvalue weighted by Gasteiger charge is -2.37. The summed E-state index contributed by atoms with van der Waals surface area (Å²) in [5, 5.41) is 3.78. The molecule has 13 nitrogen and oxygen atoms in total. The average molecular weight is 1220 g/mol. The molecular formula is C78H88N8O5. The zero-order valence-corrected chi connectivity index (χ0v) is 53.5. The first-order valence-corrected chi connectivity index (χ1v) is 33.0. The molecule has 4 aliphatic heterocycles. The molecule has 8 aromatic rings. The molecule has 0 saturated carbocycles. The number of carbonyl (C=O) groups excluding carboxylic acids is 3. The van der Waals surface area contributed by atoms with E-state index in [1.165, 1.54) is 55.9 Å². The number of aryl methyl sites for hydroxylation is 2. The number of hydrogen-bond donors (Lipinski definition) is 2. The third-order valence-corrected chi connectivity index (χ3v) is 18.4. The fourth-order valence-electron chi connectivity index (χ4n) is 13.8. The van der Waals surface area contributed by atoms with Gasteiger partial charge in [0.1, 0.15) is 17.3 Å². The van der Waals surface area contributed by atoms with Crippen molar-refractivity contribution in [3.8, 4) is 11.5 Å². The van der Waals surface area contributed by atoms with Crippen molar-refractivity contribution in [3.05, 3.63) is 238 Å². The third-order valence-electron chi connectivity index (χ3n) is 18.4. The maximum absolute atomic E-state index is 13.9. The number of ether oxygens (including phenoxy) is 2. The summed E-state index contributed by atoms with van der Waals surface area (Å²) in [6.07, 6.45) is 7.66. The molecule has 0 aromatic heterocycles. The summed E-state index contributed by atoms with van der Waals surface area (Å²) in [5.41, 5.74) is 23.9. The van der Waals surface area contributed by atoms with Gasteiger partial charge in [-0.2, -0.15) is 0 Å². The molecule has 4 heterocycles. The lowest BCUT2D eigenvalue weighted by atomic mass is 9.88. The van der Waals surface area contributed by atoms with E-state index in [4.69, 9.17) is 15.2 Å². The molecule has 8 aromatic carbocycles. The molecule has 2 aliphatic carbocycles. The Bertz CT molecular complexity index is 3850. The number of ketones is 1. The van der Waals surface area contributed by atoms with Crippen molar-refractivity contribution in [1.82, 2.24) is 9.80 Å². The number of amides is 2. The monoisotopic (exact) mass is 1220 g/mol. The predicted octanol–water partition coefficient (Wildman–Crippen LogP) is 13.3. The Balaban J connectivity index is 0.000000153. The van der Waals surface area contributed by atoms with E-state index in [1.807, 2.05) is 88.7 Å². The summed E-state index contributed by atoms with van der Waals surface area (Å²) >= 11 is 0. The number of Topliss-reactive ketones (excluding diaryl/α,β-unsaturated/α-hetero) is 1. The number of fused-ring (bicyclic) bond motifs is 4. The molecule has 2 fully saturated rings. The first-order valence-electron chi connectivity index (χ1n) is 33.0. The van der Waals surface area contributed by atoms with Crippen LogP contribution in [-0.4, -0.2) is 111 Å². The van der Waals surface area contributed by atoms with E-state index in [0.29, 0.717) is 30.5 Å². The number of anilines is 6. The second-order valence-corrected chi connectivity index (χ2v) is 25.7. The summed E-state index contributed by atoms with van der Waals surface area (Å²) in [4.78, 5) is 51.8. The van der Waals surface area contributed by atoms with Crippen molar-refractivity contribution in [2.45, 2.75) is 110 Å². The molecule has 0 radical (unpaired) electrons. The molecule has 6 aliphatic rings. The number of nitrogens with two attached hydrogens (primary N) is 1. The van der Waals surface area contributed by atoms with Gasteiger partial charge < -0.3 is 40.1 Å². The molecule has 1 atom stereocenters. The van der Waals surface area contributed by atoms with Gasteiger partial charge in [-0.1, -0.05) is 109 Å². The highest BCUT2D eigenvalue weighted by Gasteiger charge is 2.30. The molecule has 3 N–H and O–H groups in total. The normalized spacial score (nSPS) is 17.0. The fourth-order valence-corrected chi connectivity index (χ4v) is 13.8. The molecule has 14 rings (SSSR count). The number of hydrogen-bond acceptors (Lipinski definition) is 11. The van der Waals surface area contributed by atoms with Crippen molar-refractivity contribution in [3.63, 3.8) is 0 Å². The van der Waals surface area contributed by atoms with Crippen LogP contribution in [0.4, 0.5) is 34.1 Å². The van der Waals surface area contributed by atoms with E-state index >= 15 is 0 Å². The summed E-state index contributed by atoms with van der Waals surface area (Å²) in [6.45, 7) is 19.0. The molecule has 2 saturated heterocycles. The summed E-state index contributed by atoms with van der Waals surface area (Å²) in [6, 6.07) is 62.8. The Morgan fingerprint density at radius 1 is 0.462 bits per heavy atom. The lowest BCUT2D eigenvalue weighted by Crippen LogP contribution is -2.46. The van der Waals surface area contributed by atoms with Gasteiger partial charge in [0.2, 0.25) is 0 Å². The largest absolute Gasteiger partial charge is 0.489 e.